The lowest BCUT2D eigenvalue weighted by molar-refractivity contribution is -0.384. The summed E-state index contributed by atoms with van der Waals surface area (Å²) in [5.74, 6) is 0.587. The third kappa shape index (κ3) is 4.55. The van der Waals surface area contributed by atoms with E-state index in [1.54, 1.807) is 23.7 Å². The highest BCUT2D eigenvalue weighted by molar-refractivity contribution is 7.99. The van der Waals surface area contributed by atoms with E-state index in [2.05, 4.69) is 15.5 Å². The summed E-state index contributed by atoms with van der Waals surface area (Å²) in [5.41, 5.74) is 1.62. The summed E-state index contributed by atoms with van der Waals surface area (Å²) < 4.78 is 1.72. The summed E-state index contributed by atoms with van der Waals surface area (Å²) in [6.45, 7) is 1.93. The van der Waals surface area contributed by atoms with Crippen molar-refractivity contribution in [3.8, 4) is 11.4 Å². The van der Waals surface area contributed by atoms with Crippen LogP contribution in [0.15, 0.2) is 59.8 Å². The molecule has 0 aliphatic heterocycles. The van der Waals surface area contributed by atoms with Gasteiger partial charge in [0.25, 0.3) is 5.69 Å². The van der Waals surface area contributed by atoms with Crippen LogP contribution in [-0.2, 0) is 11.8 Å². The fourth-order valence-electron chi connectivity index (χ4n) is 2.69. The van der Waals surface area contributed by atoms with E-state index in [0.717, 1.165) is 5.56 Å². The fraction of sp³-hybridized carbons (Fsp3) is 0.211. The Morgan fingerprint density at radius 1 is 1.21 bits per heavy atom. The van der Waals surface area contributed by atoms with E-state index in [9.17, 15) is 14.9 Å². The van der Waals surface area contributed by atoms with E-state index < -0.39 is 4.92 Å². The minimum Gasteiger partial charge on any atom is -0.349 e. The highest BCUT2D eigenvalue weighted by Crippen LogP contribution is 2.25. The number of nitro groups is 1. The van der Waals surface area contributed by atoms with Gasteiger partial charge in [-0.1, -0.05) is 54.2 Å². The summed E-state index contributed by atoms with van der Waals surface area (Å²) in [4.78, 5) is 22.7. The molecule has 28 heavy (non-hydrogen) atoms. The Hall–Kier alpha value is -3.20. The zero-order chi connectivity index (χ0) is 20.1. The van der Waals surface area contributed by atoms with Crippen molar-refractivity contribution in [1.82, 2.24) is 20.1 Å². The van der Waals surface area contributed by atoms with Gasteiger partial charge in [0, 0.05) is 24.7 Å². The first-order valence-corrected chi connectivity index (χ1v) is 9.55. The second-order valence-electron chi connectivity index (χ2n) is 6.16. The number of nitro benzene ring substituents is 1. The molecule has 144 valence electrons. The van der Waals surface area contributed by atoms with Gasteiger partial charge in [0.05, 0.1) is 16.7 Å². The summed E-state index contributed by atoms with van der Waals surface area (Å²) in [6, 6.07) is 15.9. The quantitative estimate of drug-likeness (QED) is 0.372. The second kappa shape index (κ2) is 8.66. The Bertz CT molecular complexity index is 990. The van der Waals surface area contributed by atoms with Crippen LogP contribution in [0, 0.1) is 10.1 Å². The van der Waals surface area contributed by atoms with E-state index in [4.69, 9.17) is 0 Å². The molecule has 8 nitrogen and oxygen atoms in total. The minimum atomic E-state index is -0.451. The SMILES string of the molecule is C[C@H](NC(=O)CSc1nnc(-c2cccc([N+](=O)[O-])c2)n1C)c1ccccc1. The number of carbonyl (C=O) groups is 1. The molecule has 0 aliphatic carbocycles. The van der Waals surface area contributed by atoms with Crippen LogP contribution in [0.2, 0.25) is 0 Å². The van der Waals surface area contributed by atoms with E-state index in [1.807, 2.05) is 37.3 Å². The van der Waals surface area contributed by atoms with Crippen LogP contribution in [0.5, 0.6) is 0 Å². The predicted molar refractivity (Wildman–Crippen MR) is 107 cm³/mol. The molecular formula is C19H19N5O3S. The van der Waals surface area contributed by atoms with Crippen molar-refractivity contribution in [2.75, 3.05) is 5.75 Å². The van der Waals surface area contributed by atoms with Gasteiger partial charge in [0.15, 0.2) is 11.0 Å². The minimum absolute atomic E-state index is 0.0102. The van der Waals surface area contributed by atoms with Gasteiger partial charge in [-0.15, -0.1) is 10.2 Å². The molecule has 0 saturated carbocycles. The first-order chi connectivity index (χ1) is 13.5. The van der Waals surface area contributed by atoms with Crippen LogP contribution >= 0.6 is 11.8 Å². The number of nitrogens with one attached hydrogen (secondary N) is 1. The second-order valence-corrected chi connectivity index (χ2v) is 7.10. The number of benzene rings is 2. The Labute approximate surface area is 166 Å². The average Bonchev–Trinajstić information content (AvgIpc) is 3.07. The van der Waals surface area contributed by atoms with Gasteiger partial charge in [0.2, 0.25) is 5.91 Å². The zero-order valence-corrected chi connectivity index (χ0v) is 16.2. The predicted octanol–water partition coefficient (Wildman–Crippen LogP) is 3.36. The molecule has 3 rings (SSSR count). The van der Waals surface area contributed by atoms with Crippen LogP contribution < -0.4 is 5.32 Å². The fourth-order valence-corrected chi connectivity index (χ4v) is 3.41. The van der Waals surface area contributed by atoms with Crippen LogP contribution in [-0.4, -0.2) is 31.3 Å². The van der Waals surface area contributed by atoms with E-state index in [-0.39, 0.29) is 23.4 Å². The maximum absolute atomic E-state index is 12.2. The van der Waals surface area contributed by atoms with Gasteiger partial charge in [-0.3, -0.25) is 14.9 Å². The number of carbonyl (C=O) groups excluding carboxylic acids is 1. The van der Waals surface area contributed by atoms with Gasteiger partial charge >= 0.3 is 0 Å². The molecule has 1 amide bonds. The van der Waals surface area contributed by atoms with Gasteiger partial charge < -0.3 is 9.88 Å². The normalized spacial score (nSPS) is 11.8. The number of nitrogens with zero attached hydrogens (tertiary/aromatic N) is 4. The van der Waals surface area contributed by atoms with Crippen LogP contribution in [0.25, 0.3) is 11.4 Å². The standard InChI is InChI=1S/C19H19N5O3S/c1-13(14-7-4-3-5-8-14)20-17(25)12-28-19-22-21-18(23(19)2)15-9-6-10-16(11-15)24(26)27/h3-11,13H,12H2,1-2H3,(H,20,25)/t13-/m0/s1. The molecule has 1 N–H and O–H groups in total. The Morgan fingerprint density at radius 2 is 1.96 bits per heavy atom. The first kappa shape index (κ1) is 19.6. The lowest BCUT2D eigenvalue weighted by Crippen LogP contribution is -2.28. The van der Waals surface area contributed by atoms with E-state index in [1.165, 1.54) is 23.9 Å². The molecule has 1 aromatic heterocycles. The summed E-state index contributed by atoms with van der Waals surface area (Å²) >= 11 is 1.26. The molecule has 0 bridgehead atoms. The number of non-ortho nitro benzene ring substituents is 1. The number of rotatable bonds is 7. The van der Waals surface area contributed by atoms with Crippen molar-refractivity contribution in [2.24, 2.45) is 7.05 Å². The molecule has 1 atom stereocenters. The molecule has 0 spiro atoms. The van der Waals surface area contributed by atoms with Crippen LogP contribution in [0.4, 0.5) is 5.69 Å². The Balaban J connectivity index is 1.64. The highest BCUT2D eigenvalue weighted by atomic mass is 32.2. The van der Waals surface area contributed by atoms with Crippen molar-refractivity contribution < 1.29 is 9.72 Å². The van der Waals surface area contributed by atoms with Crippen molar-refractivity contribution in [2.45, 2.75) is 18.1 Å². The van der Waals surface area contributed by atoms with Crippen molar-refractivity contribution >= 4 is 23.4 Å². The topological polar surface area (TPSA) is 103 Å². The first-order valence-electron chi connectivity index (χ1n) is 8.57. The molecule has 0 fully saturated rings. The van der Waals surface area contributed by atoms with Gasteiger partial charge in [-0.25, -0.2) is 0 Å². The molecule has 9 heteroatoms. The van der Waals surface area contributed by atoms with Crippen molar-refractivity contribution in [3.05, 3.63) is 70.3 Å². The monoisotopic (exact) mass is 397 g/mol. The molecule has 1 heterocycles. The maximum Gasteiger partial charge on any atom is 0.270 e. The molecule has 0 radical (unpaired) electrons. The summed E-state index contributed by atoms with van der Waals surface area (Å²) in [5, 5.41) is 22.7. The summed E-state index contributed by atoms with van der Waals surface area (Å²) in [6.07, 6.45) is 0. The maximum atomic E-state index is 12.2. The average molecular weight is 397 g/mol. The van der Waals surface area contributed by atoms with Gasteiger partial charge in [-0.05, 0) is 12.5 Å². The number of amides is 1. The number of hydrogen-bond donors (Lipinski definition) is 1. The van der Waals surface area contributed by atoms with Crippen molar-refractivity contribution in [3.63, 3.8) is 0 Å². The smallest absolute Gasteiger partial charge is 0.270 e. The van der Waals surface area contributed by atoms with E-state index >= 15 is 0 Å². The van der Waals surface area contributed by atoms with Crippen LogP contribution in [0.3, 0.4) is 0 Å². The molecule has 0 saturated heterocycles. The Kier molecular flexibility index (Phi) is 6.05. The number of aromatic nitrogens is 3. The van der Waals surface area contributed by atoms with Gasteiger partial charge in [-0.2, -0.15) is 0 Å². The summed E-state index contributed by atoms with van der Waals surface area (Å²) in [7, 11) is 1.76. The third-order valence-corrected chi connectivity index (χ3v) is 5.18. The lowest BCUT2D eigenvalue weighted by Gasteiger charge is -2.13. The highest BCUT2D eigenvalue weighted by Gasteiger charge is 2.16. The molecule has 0 aliphatic rings. The molecular weight excluding hydrogens is 378 g/mol. The largest absolute Gasteiger partial charge is 0.349 e. The molecule has 2 aromatic carbocycles. The van der Waals surface area contributed by atoms with Crippen LogP contribution in [0.1, 0.15) is 18.5 Å². The number of hydrogen-bond acceptors (Lipinski definition) is 6. The third-order valence-electron chi connectivity index (χ3n) is 4.16. The number of thioether (sulfide) groups is 1. The lowest BCUT2D eigenvalue weighted by atomic mass is 10.1. The van der Waals surface area contributed by atoms with Gasteiger partial charge in [0.1, 0.15) is 0 Å². The van der Waals surface area contributed by atoms with Crippen molar-refractivity contribution in [1.29, 1.82) is 0 Å². The zero-order valence-electron chi connectivity index (χ0n) is 15.4. The molecule has 0 unspecified atom stereocenters. The van der Waals surface area contributed by atoms with E-state index in [0.29, 0.717) is 16.5 Å². The Morgan fingerprint density at radius 3 is 2.68 bits per heavy atom. The molecule has 3 aromatic rings.